The molecule has 12 heteroatoms. The van der Waals surface area contributed by atoms with Crippen LogP contribution in [0.3, 0.4) is 0 Å². The van der Waals surface area contributed by atoms with Crippen LogP contribution >= 0.6 is 11.6 Å². The number of halogens is 1. The fourth-order valence-electron chi connectivity index (χ4n) is 2.99. The van der Waals surface area contributed by atoms with E-state index in [-0.39, 0.29) is 11.6 Å². The van der Waals surface area contributed by atoms with Crippen molar-refractivity contribution < 1.29 is 19.6 Å². The summed E-state index contributed by atoms with van der Waals surface area (Å²) in [4.78, 5) is 43.8. The quantitative estimate of drug-likeness (QED) is 0.471. The Balaban J connectivity index is 1.77. The normalized spacial score (nSPS) is 14.3. The lowest BCUT2D eigenvalue weighted by Gasteiger charge is -2.30. The molecule has 0 atom stereocenters. The average Bonchev–Trinajstić information content (AvgIpc) is 2.72. The number of amides is 1. The summed E-state index contributed by atoms with van der Waals surface area (Å²) in [6.45, 7) is 0.622. The maximum absolute atomic E-state index is 12.2. The summed E-state index contributed by atoms with van der Waals surface area (Å²) >= 11 is 5.79. The molecule has 2 aromatic rings. The molecule has 1 aromatic carbocycles. The molecule has 1 fully saturated rings. The Morgan fingerprint density at radius 3 is 2.45 bits per heavy atom. The minimum absolute atomic E-state index is 0.0667. The van der Waals surface area contributed by atoms with Gasteiger partial charge in [-0.3, -0.25) is 30.6 Å². The standard InChI is InChI=1S/C17H17ClN6O5/c18-12-3-1-10(2-4-12)16(25)22-21-14-13(24(28)29)15(20-9-19-14)23-7-5-11(6-8-23)17(26)27/h1-4,9,11H,5-8H2,(H,22,25)(H,26,27)(H,19,20,21). The number of piperidine rings is 1. The van der Waals surface area contributed by atoms with E-state index in [0.717, 1.165) is 6.33 Å². The van der Waals surface area contributed by atoms with E-state index in [4.69, 9.17) is 16.7 Å². The number of aliphatic carboxylic acids is 1. The average molecular weight is 421 g/mol. The van der Waals surface area contributed by atoms with E-state index in [2.05, 4.69) is 20.8 Å². The number of benzene rings is 1. The van der Waals surface area contributed by atoms with Gasteiger partial charge in [0.05, 0.1) is 10.8 Å². The number of anilines is 2. The third-order valence-electron chi connectivity index (χ3n) is 4.53. The molecular weight excluding hydrogens is 404 g/mol. The molecule has 2 heterocycles. The highest BCUT2D eigenvalue weighted by Gasteiger charge is 2.31. The molecule has 1 saturated heterocycles. The van der Waals surface area contributed by atoms with Crippen LogP contribution in [0.15, 0.2) is 30.6 Å². The first-order valence-corrected chi connectivity index (χ1v) is 9.03. The number of aromatic nitrogens is 2. The van der Waals surface area contributed by atoms with Gasteiger partial charge in [0.15, 0.2) is 0 Å². The van der Waals surface area contributed by atoms with E-state index in [1.54, 1.807) is 17.0 Å². The van der Waals surface area contributed by atoms with Crippen molar-refractivity contribution in [2.45, 2.75) is 12.8 Å². The molecule has 11 nitrogen and oxygen atoms in total. The predicted molar refractivity (Wildman–Crippen MR) is 104 cm³/mol. The third kappa shape index (κ3) is 4.69. The Labute approximate surface area is 169 Å². The largest absolute Gasteiger partial charge is 0.481 e. The van der Waals surface area contributed by atoms with E-state index >= 15 is 0 Å². The van der Waals surface area contributed by atoms with Gasteiger partial charge in [-0.15, -0.1) is 0 Å². The van der Waals surface area contributed by atoms with Crippen LogP contribution in [0.2, 0.25) is 5.02 Å². The van der Waals surface area contributed by atoms with Crippen molar-refractivity contribution in [1.82, 2.24) is 15.4 Å². The molecular formula is C17H17ClN6O5. The minimum Gasteiger partial charge on any atom is -0.481 e. The lowest BCUT2D eigenvalue weighted by atomic mass is 9.97. The Morgan fingerprint density at radius 2 is 1.86 bits per heavy atom. The Morgan fingerprint density at radius 1 is 1.21 bits per heavy atom. The molecule has 0 spiro atoms. The number of hydrogen-bond acceptors (Lipinski definition) is 8. The highest BCUT2D eigenvalue weighted by molar-refractivity contribution is 6.30. The summed E-state index contributed by atoms with van der Waals surface area (Å²) in [5.74, 6) is -2.00. The molecule has 0 aliphatic carbocycles. The number of hydrogen-bond donors (Lipinski definition) is 3. The number of nitrogens with one attached hydrogen (secondary N) is 2. The van der Waals surface area contributed by atoms with Gasteiger partial charge in [0.2, 0.25) is 11.6 Å². The van der Waals surface area contributed by atoms with Crippen LogP contribution < -0.4 is 15.8 Å². The van der Waals surface area contributed by atoms with Crippen LogP contribution in [0.4, 0.5) is 17.3 Å². The van der Waals surface area contributed by atoms with E-state index in [9.17, 15) is 19.7 Å². The molecule has 0 bridgehead atoms. The summed E-state index contributed by atoms with van der Waals surface area (Å²) in [6.07, 6.45) is 1.85. The number of nitrogens with zero attached hydrogens (tertiary/aromatic N) is 4. The van der Waals surface area contributed by atoms with E-state index < -0.39 is 28.4 Å². The van der Waals surface area contributed by atoms with Crippen molar-refractivity contribution in [2.75, 3.05) is 23.4 Å². The first-order chi connectivity index (χ1) is 13.9. The van der Waals surface area contributed by atoms with Gasteiger partial charge in [-0.1, -0.05) is 11.6 Å². The van der Waals surface area contributed by atoms with Gasteiger partial charge in [-0.25, -0.2) is 9.97 Å². The summed E-state index contributed by atoms with van der Waals surface area (Å²) in [7, 11) is 0. The van der Waals surface area contributed by atoms with Gasteiger partial charge >= 0.3 is 11.7 Å². The number of rotatable bonds is 6. The maximum atomic E-state index is 12.2. The SMILES string of the molecule is O=C(NNc1ncnc(N2CCC(C(=O)O)CC2)c1[N+](=O)[O-])c1ccc(Cl)cc1. The van der Waals surface area contributed by atoms with Crippen LogP contribution in [-0.4, -0.2) is 45.0 Å². The highest BCUT2D eigenvalue weighted by atomic mass is 35.5. The maximum Gasteiger partial charge on any atom is 0.355 e. The van der Waals surface area contributed by atoms with Gasteiger partial charge in [0.1, 0.15) is 6.33 Å². The Hall–Kier alpha value is -3.47. The fraction of sp³-hybridized carbons (Fsp3) is 0.294. The number of nitro groups is 1. The van der Waals surface area contributed by atoms with Gasteiger partial charge in [0.25, 0.3) is 5.91 Å². The van der Waals surface area contributed by atoms with Gasteiger partial charge in [-0.2, -0.15) is 0 Å². The summed E-state index contributed by atoms with van der Waals surface area (Å²) in [5, 5.41) is 21.2. The fourth-order valence-corrected chi connectivity index (χ4v) is 3.11. The molecule has 152 valence electrons. The van der Waals surface area contributed by atoms with Crippen LogP contribution in [-0.2, 0) is 4.79 Å². The number of hydrazine groups is 1. The Bertz CT molecular complexity index is 930. The van der Waals surface area contributed by atoms with Crippen LogP contribution in [0.5, 0.6) is 0 Å². The molecule has 0 radical (unpaired) electrons. The van der Waals surface area contributed by atoms with E-state index in [0.29, 0.717) is 36.5 Å². The first-order valence-electron chi connectivity index (χ1n) is 8.66. The minimum atomic E-state index is -0.880. The van der Waals surface area contributed by atoms with Crippen molar-refractivity contribution in [3.05, 3.63) is 51.3 Å². The Kier molecular flexibility index (Phi) is 6.07. The second kappa shape index (κ2) is 8.69. The zero-order valence-electron chi connectivity index (χ0n) is 15.0. The number of carbonyl (C=O) groups is 2. The van der Waals surface area contributed by atoms with E-state index in [1.807, 2.05) is 0 Å². The summed E-state index contributed by atoms with van der Waals surface area (Å²) in [5.41, 5.74) is 4.72. The zero-order chi connectivity index (χ0) is 21.0. The van der Waals surface area contributed by atoms with Crippen molar-refractivity contribution in [3.8, 4) is 0 Å². The van der Waals surface area contributed by atoms with Gasteiger partial charge in [-0.05, 0) is 37.1 Å². The van der Waals surface area contributed by atoms with Crippen molar-refractivity contribution in [2.24, 2.45) is 5.92 Å². The molecule has 1 aliphatic heterocycles. The third-order valence-corrected chi connectivity index (χ3v) is 4.78. The molecule has 3 N–H and O–H groups in total. The number of carboxylic acids is 1. The summed E-state index contributed by atoms with van der Waals surface area (Å²) < 4.78 is 0. The molecule has 29 heavy (non-hydrogen) atoms. The van der Waals surface area contributed by atoms with Crippen LogP contribution in [0.1, 0.15) is 23.2 Å². The van der Waals surface area contributed by atoms with Crippen molar-refractivity contribution >= 4 is 40.8 Å². The monoisotopic (exact) mass is 420 g/mol. The number of carboxylic acid groups (broad SMARTS) is 1. The van der Waals surface area contributed by atoms with Crippen molar-refractivity contribution in [3.63, 3.8) is 0 Å². The molecule has 0 unspecified atom stereocenters. The predicted octanol–water partition coefficient (Wildman–Crippen LogP) is 2.10. The van der Waals surface area contributed by atoms with E-state index in [1.165, 1.54) is 12.1 Å². The molecule has 3 rings (SSSR count). The lowest BCUT2D eigenvalue weighted by molar-refractivity contribution is -0.383. The smallest absolute Gasteiger partial charge is 0.355 e. The second-order valence-electron chi connectivity index (χ2n) is 6.34. The van der Waals surface area contributed by atoms with Crippen LogP contribution in [0, 0.1) is 16.0 Å². The molecule has 1 aliphatic rings. The molecule has 0 saturated carbocycles. The van der Waals surface area contributed by atoms with Crippen LogP contribution in [0.25, 0.3) is 0 Å². The lowest BCUT2D eigenvalue weighted by Crippen LogP contribution is -2.37. The molecule has 1 amide bonds. The number of carbonyl (C=O) groups excluding carboxylic acids is 1. The molecule has 1 aromatic heterocycles. The van der Waals surface area contributed by atoms with Crippen molar-refractivity contribution in [1.29, 1.82) is 0 Å². The van der Waals surface area contributed by atoms with Gasteiger partial charge < -0.3 is 10.0 Å². The first kappa shape index (κ1) is 20.3. The topological polar surface area (TPSA) is 151 Å². The second-order valence-corrected chi connectivity index (χ2v) is 6.77. The summed E-state index contributed by atoms with van der Waals surface area (Å²) in [6, 6.07) is 6.10. The van der Waals surface area contributed by atoms with Gasteiger partial charge in [0, 0.05) is 23.7 Å². The highest BCUT2D eigenvalue weighted by Crippen LogP contribution is 2.33. The zero-order valence-corrected chi connectivity index (χ0v) is 15.8.